The molecule has 0 amide bonds. The Hall–Kier alpha value is -0.670. The molecule has 2 nitrogen and oxygen atoms in total. The first kappa shape index (κ1) is 11.8. The van der Waals surface area contributed by atoms with Gasteiger partial charge in [0.2, 0.25) is 0 Å². The second-order valence-corrected chi connectivity index (χ2v) is 4.81. The average Bonchev–Trinajstić information content (AvgIpc) is 2.23. The molecule has 0 atom stereocenters. The van der Waals surface area contributed by atoms with Crippen molar-refractivity contribution in [3.63, 3.8) is 0 Å². The largest absolute Gasteiger partial charge is 0.496 e. The molecule has 2 rings (SSSR count). The van der Waals surface area contributed by atoms with E-state index >= 15 is 0 Å². The fourth-order valence-corrected chi connectivity index (χ4v) is 2.62. The minimum Gasteiger partial charge on any atom is -0.496 e. The Labute approximate surface area is 102 Å². The van der Waals surface area contributed by atoms with Crippen LogP contribution in [0, 0.1) is 13.8 Å². The molecule has 1 aromatic rings. The summed E-state index contributed by atoms with van der Waals surface area (Å²) in [5.41, 5.74) is 3.99. The molecule has 1 aliphatic rings. The van der Waals surface area contributed by atoms with Gasteiger partial charge in [0.1, 0.15) is 5.75 Å². The number of hydrogen-bond donors (Lipinski definition) is 1. The highest BCUT2D eigenvalue weighted by molar-refractivity contribution is 7.80. The van der Waals surface area contributed by atoms with Crippen LogP contribution in [0.2, 0.25) is 0 Å². The van der Waals surface area contributed by atoms with Crippen molar-refractivity contribution >= 4 is 12.6 Å². The second-order valence-electron chi connectivity index (χ2n) is 4.50. The molecule has 3 heteroatoms. The standard InChI is InChI=1S/C13H18O2S/c1-9-10(2)12(14-3)5-4-11(9)13(8-16)6-15-7-13/h4-5,16H,6-8H2,1-3H3. The summed E-state index contributed by atoms with van der Waals surface area (Å²) >= 11 is 4.46. The van der Waals surface area contributed by atoms with Gasteiger partial charge in [-0.1, -0.05) is 6.07 Å². The van der Waals surface area contributed by atoms with Crippen LogP contribution in [0.4, 0.5) is 0 Å². The molecule has 0 bridgehead atoms. The predicted molar refractivity (Wildman–Crippen MR) is 68.8 cm³/mol. The Morgan fingerprint density at radius 3 is 2.44 bits per heavy atom. The third-order valence-corrected chi connectivity index (χ3v) is 4.19. The molecule has 0 unspecified atom stereocenters. The zero-order valence-corrected chi connectivity index (χ0v) is 10.9. The highest BCUT2D eigenvalue weighted by Crippen LogP contribution is 2.38. The lowest BCUT2D eigenvalue weighted by Crippen LogP contribution is -2.48. The molecule has 88 valence electrons. The van der Waals surface area contributed by atoms with Crippen LogP contribution in [-0.4, -0.2) is 26.1 Å². The molecule has 1 aromatic carbocycles. The average molecular weight is 238 g/mol. The molecule has 1 fully saturated rings. The number of ether oxygens (including phenoxy) is 2. The molecule has 0 saturated carbocycles. The van der Waals surface area contributed by atoms with Gasteiger partial charge in [0.15, 0.2) is 0 Å². The molecule has 0 radical (unpaired) electrons. The van der Waals surface area contributed by atoms with E-state index in [4.69, 9.17) is 9.47 Å². The van der Waals surface area contributed by atoms with Gasteiger partial charge in [-0.3, -0.25) is 0 Å². The van der Waals surface area contributed by atoms with Gasteiger partial charge in [-0.25, -0.2) is 0 Å². The fourth-order valence-electron chi connectivity index (χ4n) is 2.27. The molecular formula is C13H18O2S. The summed E-state index contributed by atoms with van der Waals surface area (Å²) in [4.78, 5) is 0. The van der Waals surface area contributed by atoms with E-state index < -0.39 is 0 Å². The van der Waals surface area contributed by atoms with Gasteiger partial charge in [0.25, 0.3) is 0 Å². The number of hydrogen-bond acceptors (Lipinski definition) is 3. The quantitative estimate of drug-likeness (QED) is 0.816. The zero-order chi connectivity index (χ0) is 11.8. The van der Waals surface area contributed by atoms with Gasteiger partial charge in [-0.15, -0.1) is 0 Å². The summed E-state index contributed by atoms with van der Waals surface area (Å²) < 4.78 is 10.7. The van der Waals surface area contributed by atoms with Crippen molar-refractivity contribution in [1.29, 1.82) is 0 Å². The van der Waals surface area contributed by atoms with E-state index in [1.807, 2.05) is 6.07 Å². The third kappa shape index (κ3) is 1.62. The number of thiol groups is 1. The summed E-state index contributed by atoms with van der Waals surface area (Å²) in [5, 5.41) is 0. The molecule has 16 heavy (non-hydrogen) atoms. The van der Waals surface area contributed by atoms with Crippen LogP contribution in [0.3, 0.4) is 0 Å². The maximum absolute atomic E-state index is 5.35. The van der Waals surface area contributed by atoms with Crippen LogP contribution in [0.15, 0.2) is 12.1 Å². The van der Waals surface area contributed by atoms with Crippen molar-refractivity contribution in [2.45, 2.75) is 19.3 Å². The Balaban J connectivity index is 2.46. The molecule has 1 saturated heterocycles. The second kappa shape index (κ2) is 4.30. The lowest BCUT2D eigenvalue weighted by atomic mass is 9.77. The van der Waals surface area contributed by atoms with Gasteiger partial charge in [0.05, 0.1) is 25.7 Å². The van der Waals surface area contributed by atoms with Crippen molar-refractivity contribution in [3.8, 4) is 5.75 Å². The van der Waals surface area contributed by atoms with Gasteiger partial charge in [0, 0.05) is 5.75 Å². The highest BCUT2D eigenvalue weighted by atomic mass is 32.1. The molecule has 0 aromatic heterocycles. The van der Waals surface area contributed by atoms with Crippen LogP contribution in [-0.2, 0) is 10.2 Å². The maximum Gasteiger partial charge on any atom is 0.122 e. The van der Waals surface area contributed by atoms with Gasteiger partial charge in [-0.2, -0.15) is 12.6 Å². The van der Waals surface area contributed by atoms with Crippen molar-refractivity contribution in [1.82, 2.24) is 0 Å². The van der Waals surface area contributed by atoms with E-state index in [9.17, 15) is 0 Å². The Morgan fingerprint density at radius 1 is 1.31 bits per heavy atom. The summed E-state index contributed by atoms with van der Waals surface area (Å²) in [5.74, 6) is 1.79. The van der Waals surface area contributed by atoms with E-state index in [2.05, 4.69) is 32.5 Å². The molecule has 1 heterocycles. The molecule has 1 aliphatic heterocycles. The van der Waals surface area contributed by atoms with Crippen molar-refractivity contribution in [2.24, 2.45) is 0 Å². The predicted octanol–water partition coefficient (Wildman–Crippen LogP) is 2.51. The summed E-state index contributed by atoms with van der Waals surface area (Å²) in [6, 6.07) is 4.20. The smallest absolute Gasteiger partial charge is 0.122 e. The van der Waals surface area contributed by atoms with E-state index in [1.165, 1.54) is 16.7 Å². The summed E-state index contributed by atoms with van der Waals surface area (Å²) in [7, 11) is 1.71. The van der Waals surface area contributed by atoms with E-state index in [0.717, 1.165) is 24.7 Å². The molecule has 0 N–H and O–H groups in total. The van der Waals surface area contributed by atoms with Crippen LogP contribution in [0.1, 0.15) is 16.7 Å². The third-order valence-electron chi connectivity index (χ3n) is 3.59. The first-order valence-corrected chi connectivity index (χ1v) is 6.11. The normalized spacial score (nSPS) is 18.0. The van der Waals surface area contributed by atoms with Gasteiger partial charge < -0.3 is 9.47 Å². The zero-order valence-electron chi connectivity index (χ0n) is 10.0. The van der Waals surface area contributed by atoms with Gasteiger partial charge >= 0.3 is 0 Å². The lowest BCUT2D eigenvalue weighted by molar-refractivity contribution is -0.0474. The number of rotatable bonds is 3. The lowest BCUT2D eigenvalue weighted by Gasteiger charge is -2.42. The Kier molecular flexibility index (Phi) is 3.17. The van der Waals surface area contributed by atoms with Crippen molar-refractivity contribution in [3.05, 3.63) is 28.8 Å². The first-order valence-electron chi connectivity index (χ1n) is 5.48. The molecule has 0 spiro atoms. The van der Waals surface area contributed by atoms with Crippen molar-refractivity contribution in [2.75, 3.05) is 26.1 Å². The van der Waals surface area contributed by atoms with E-state index in [-0.39, 0.29) is 5.41 Å². The minimum absolute atomic E-state index is 0.115. The Morgan fingerprint density at radius 2 is 2.00 bits per heavy atom. The molecular weight excluding hydrogens is 220 g/mol. The topological polar surface area (TPSA) is 18.5 Å². The monoisotopic (exact) mass is 238 g/mol. The van der Waals surface area contributed by atoms with E-state index in [1.54, 1.807) is 7.11 Å². The minimum atomic E-state index is 0.115. The van der Waals surface area contributed by atoms with Crippen LogP contribution < -0.4 is 4.74 Å². The first-order chi connectivity index (χ1) is 7.64. The SMILES string of the molecule is COc1ccc(C2(CS)COC2)c(C)c1C. The number of benzene rings is 1. The molecule has 0 aliphatic carbocycles. The number of methoxy groups -OCH3 is 1. The summed E-state index contributed by atoms with van der Waals surface area (Å²) in [6.45, 7) is 5.81. The van der Waals surface area contributed by atoms with Gasteiger partial charge in [-0.05, 0) is 36.6 Å². The fraction of sp³-hybridized carbons (Fsp3) is 0.538. The summed E-state index contributed by atoms with van der Waals surface area (Å²) in [6.07, 6.45) is 0. The van der Waals surface area contributed by atoms with Crippen molar-refractivity contribution < 1.29 is 9.47 Å². The Bertz CT molecular complexity index is 392. The highest BCUT2D eigenvalue weighted by Gasteiger charge is 2.40. The van der Waals surface area contributed by atoms with Crippen LogP contribution >= 0.6 is 12.6 Å². The van der Waals surface area contributed by atoms with Crippen LogP contribution in [0.25, 0.3) is 0 Å². The maximum atomic E-state index is 5.35. The van der Waals surface area contributed by atoms with Crippen LogP contribution in [0.5, 0.6) is 5.75 Å². The van der Waals surface area contributed by atoms with E-state index in [0.29, 0.717) is 0 Å².